The lowest BCUT2D eigenvalue weighted by atomic mass is 10.1. The molecule has 0 amide bonds. The fraction of sp³-hybridized carbons (Fsp3) is 0.300. The quantitative estimate of drug-likeness (QED) is 0.532. The van der Waals surface area contributed by atoms with Gasteiger partial charge in [-0.1, -0.05) is 12.1 Å². The molecule has 0 spiro atoms. The molecule has 0 atom stereocenters. The van der Waals surface area contributed by atoms with Gasteiger partial charge < -0.3 is 0 Å². The number of nitrogens with zero attached hydrogens (tertiary/aromatic N) is 1. The number of hydrogen-bond acceptors (Lipinski definition) is 1. The van der Waals surface area contributed by atoms with Crippen molar-refractivity contribution in [1.29, 1.82) is 0 Å². The van der Waals surface area contributed by atoms with Gasteiger partial charge in [0.25, 0.3) is 0 Å². The molecule has 1 aromatic carbocycles. The van der Waals surface area contributed by atoms with E-state index < -0.39 is 0 Å². The molecule has 0 saturated carbocycles. The highest BCUT2D eigenvalue weighted by Gasteiger charge is 2.09. The van der Waals surface area contributed by atoms with Crippen LogP contribution in [0.25, 0.3) is 0 Å². The van der Waals surface area contributed by atoms with Gasteiger partial charge in [0.05, 0.1) is 5.69 Å². The van der Waals surface area contributed by atoms with Crippen LogP contribution in [0.4, 0.5) is 5.69 Å². The Labute approximate surface area is 66.8 Å². The first kappa shape index (κ1) is 6.59. The summed E-state index contributed by atoms with van der Waals surface area (Å²) in [5, 5.41) is 0. The lowest BCUT2D eigenvalue weighted by Crippen LogP contribution is -1.87. The lowest BCUT2D eigenvalue weighted by molar-refractivity contribution is 1.35. The number of aryl methyl sites for hydroxylation is 1. The summed E-state index contributed by atoms with van der Waals surface area (Å²) in [6, 6.07) is 6.46. The van der Waals surface area contributed by atoms with Gasteiger partial charge in [0.2, 0.25) is 0 Å². The summed E-state index contributed by atoms with van der Waals surface area (Å²) in [5.74, 6) is 0. The fourth-order valence-corrected chi connectivity index (χ4v) is 1.45. The molecule has 0 fully saturated rings. The Kier molecular flexibility index (Phi) is 1.31. The van der Waals surface area contributed by atoms with Crippen LogP contribution in [-0.2, 0) is 6.42 Å². The number of benzene rings is 1. The molecule has 0 saturated heterocycles. The Hall–Kier alpha value is -1.11. The maximum absolute atomic E-state index is 4.43. The first-order valence-electron chi connectivity index (χ1n) is 3.89. The van der Waals surface area contributed by atoms with E-state index in [1.54, 1.807) is 0 Å². The minimum Gasteiger partial charge on any atom is -0.257 e. The van der Waals surface area contributed by atoms with E-state index in [4.69, 9.17) is 0 Å². The summed E-state index contributed by atoms with van der Waals surface area (Å²) in [6.07, 6.45) is 1.04. The Morgan fingerprint density at radius 1 is 1.27 bits per heavy atom. The Morgan fingerprint density at radius 2 is 2.09 bits per heavy atom. The van der Waals surface area contributed by atoms with Gasteiger partial charge >= 0.3 is 0 Å². The van der Waals surface area contributed by atoms with Crippen LogP contribution in [0, 0.1) is 6.92 Å². The van der Waals surface area contributed by atoms with Crippen molar-refractivity contribution in [2.45, 2.75) is 20.3 Å². The van der Waals surface area contributed by atoms with Crippen LogP contribution in [-0.4, -0.2) is 5.71 Å². The maximum Gasteiger partial charge on any atom is 0.0667 e. The highest BCUT2D eigenvalue weighted by molar-refractivity contribution is 5.92. The van der Waals surface area contributed by atoms with Gasteiger partial charge in [0.15, 0.2) is 0 Å². The molecular weight excluding hydrogens is 134 g/mol. The number of hydrogen-bond donors (Lipinski definition) is 0. The standard InChI is InChI=1S/C10H11N/c1-7-3-4-9-6-8(2)11-10(9)5-7/h3-5H,6H2,1-2H3. The van der Waals surface area contributed by atoms with E-state index in [1.807, 2.05) is 0 Å². The zero-order chi connectivity index (χ0) is 7.84. The SMILES string of the molecule is CC1=Nc2cc(C)ccc2C1. The van der Waals surface area contributed by atoms with E-state index in [-0.39, 0.29) is 0 Å². The Morgan fingerprint density at radius 3 is 2.91 bits per heavy atom. The summed E-state index contributed by atoms with van der Waals surface area (Å²) < 4.78 is 0. The van der Waals surface area contributed by atoms with Gasteiger partial charge in [-0.3, -0.25) is 4.99 Å². The molecule has 1 aliphatic heterocycles. The fourth-order valence-electron chi connectivity index (χ4n) is 1.45. The lowest BCUT2D eigenvalue weighted by Gasteiger charge is -1.96. The first-order chi connectivity index (χ1) is 5.25. The van der Waals surface area contributed by atoms with Gasteiger partial charge in [-0.15, -0.1) is 0 Å². The number of fused-ring (bicyclic) bond motifs is 1. The van der Waals surface area contributed by atoms with E-state index in [9.17, 15) is 0 Å². The molecule has 1 heterocycles. The molecule has 0 N–H and O–H groups in total. The molecule has 0 bridgehead atoms. The topological polar surface area (TPSA) is 12.4 Å². The third kappa shape index (κ3) is 1.07. The molecule has 0 aromatic heterocycles. The number of aliphatic imine (C=N–C) groups is 1. The van der Waals surface area contributed by atoms with Crippen LogP contribution in [0.3, 0.4) is 0 Å². The molecule has 1 aliphatic rings. The highest BCUT2D eigenvalue weighted by Crippen LogP contribution is 2.27. The van der Waals surface area contributed by atoms with Crippen molar-refractivity contribution in [3.8, 4) is 0 Å². The van der Waals surface area contributed by atoms with Crippen molar-refractivity contribution in [3.63, 3.8) is 0 Å². The normalized spacial score (nSPS) is 14.5. The highest BCUT2D eigenvalue weighted by atomic mass is 14.8. The summed E-state index contributed by atoms with van der Waals surface area (Å²) in [5.41, 5.74) is 5.06. The van der Waals surface area contributed by atoms with Gasteiger partial charge in [-0.2, -0.15) is 0 Å². The average Bonchev–Trinajstić information content (AvgIpc) is 2.27. The molecular formula is C10H11N. The van der Waals surface area contributed by atoms with Crippen molar-refractivity contribution in [2.24, 2.45) is 4.99 Å². The van der Waals surface area contributed by atoms with Gasteiger partial charge in [0.1, 0.15) is 0 Å². The van der Waals surface area contributed by atoms with Gasteiger partial charge in [0, 0.05) is 12.1 Å². The zero-order valence-electron chi connectivity index (χ0n) is 6.89. The zero-order valence-corrected chi connectivity index (χ0v) is 6.89. The van der Waals surface area contributed by atoms with Crippen LogP contribution < -0.4 is 0 Å². The molecule has 1 aromatic rings. The largest absolute Gasteiger partial charge is 0.257 e. The molecule has 56 valence electrons. The first-order valence-corrected chi connectivity index (χ1v) is 3.89. The minimum absolute atomic E-state index is 1.04. The van der Waals surface area contributed by atoms with E-state index in [1.165, 1.54) is 22.5 Å². The van der Waals surface area contributed by atoms with Gasteiger partial charge in [-0.25, -0.2) is 0 Å². The molecule has 11 heavy (non-hydrogen) atoms. The Balaban J connectivity index is 2.54. The third-order valence-corrected chi connectivity index (χ3v) is 2.00. The van der Waals surface area contributed by atoms with Crippen LogP contribution >= 0.6 is 0 Å². The summed E-state index contributed by atoms with van der Waals surface area (Å²) in [6.45, 7) is 4.18. The third-order valence-electron chi connectivity index (χ3n) is 2.00. The second kappa shape index (κ2) is 2.19. The number of rotatable bonds is 0. The van der Waals surface area contributed by atoms with Crippen molar-refractivity contribution in [1.82, 2.24) is 0 Å². The second-order valence-corrected chi connectivity index (χ2v) is 3.16. The minimum atomic E-state index is 1.04. The molecule has 2 rings (SSSR count). The summed E-state index contributed by atoms with van der Waals surface area (Å²) in [4.78, 5) is 4.43. The predicted octanol–water partition coefficient (Wildman–Crippen LogP) is 2.64. The Bertz CT molecular complexity index is 324. The maximum atomic E-state index is 4.43. The summed E-state index contributed by atoms with van der Waals surface area (Å²) in [7, 11) is 0. The predicted molar refractivity (Wildman–Crippen MR) is 47.7 cm³/mol. The van der Waals surface area contributed by atoms with Crippen molar-refractivity contribution in [2.75, 3.05) is 0 Å². The van der Waals surface area contributed by atoms with Crippen LogP contribution in [0.2, 0.25) is 0 Å². The van der Waals surface area contributed by atoms with Crippen molar-refractivity contribution in [3.05, 3.63) is 29.3 Å². The van der Waals surface area contributed by atoms with E-state index in [0.717, 1.165) is 6.42 Å². The van der Waals surface area contributed by atoms with Crippen LogP contribution in [0.5, 0.6) is 0 Å². The monoisotopic (exact) mass is 145 g/mol. The van der Waals surface area contributed by atoms with E-state index >= 15 is 0 Å². The van der Waals surface area contributed by atoms with Gasteiger partial charge in [-0.05, 0) is 31.0 Å². The second-order valence-electron chi connectivity index (χ2n) is 3.16. The average molecular weight is 145 g/mol. The molecule has 1 nitrogen and oxygen atoms in total. The van der Waals surface area contributed by atoms with Crippen LogP contribution in [0.15, 0.2) is 23.2 Å². The molecule has 0 radical (unpaired) electrons. The van der Waals surface area contributed by atoms with Crippen molar-refractivity contribution < 1.29 is 0 Å². The molecule has 0 aliphatic carbocycles. The summed E-state index contributed by atoms with van der Waals surface area (Å²) >= 11 is 0. The van der Waals surface area contributed by atoms with Crippen LogP contribution in [0.1, 0.15) is 18.1 Å². The molecule has 1 heteroatoms. The smallest absolute Gasteiger partial charge is 0.0667 e. The van der Waals surface area contributed by atoms with E-state index in [0.29, 0.717) is 0 Å². The van der Waals surface area contributed by atoms with E-state index in [2.05, 4.69) is 37.0 Å². The molecule has 0 unspecified atom stereocenters. The van der Waals surface area contributed by atoms with Crippen molar-refractivity contribution >= 4 is 11.4 Å².